The van der Waals surface area contributed by atoms with Crippen molar-refractivity contribution >= 4 is 40.2 Å². The largest absolute Gasteiger partial charge is 0.435 e. The molecule has 0 bridgehead atoms. The van der Waals surface area contributed by atoms with Crippen molar-refractivity contribution in [3.8, 4) is 11.4 Å². The molecule has 0 radical (unpaired) electrons. The minimum atomic E-state index is -0.714. The number of pyridine rings is 1. The molecule has 0 amide bonds. The van der Waals surface area contributed by atoms with Crippen molar-refractivity contribution in [1.29, 1.82) is 0 Å². The first kappa shape index (κ1) is 17.2. The van der Waals surface area contributed by atoms with Gasteiger partial charge in [-0.3, -0.25) is 4.79 Å². The molecule has 0 spiro atoms. The van der Waals surface area contributed by atoms with Crippen molar-refractivity contribution in [2.75, 3.05) is 0 Å². The maximum atomic E-state index is 11.8. The second kappa shape index (κ2) is 6.61. The third-order valence-corrected chi connectivity index (χ3v) is 5.61. The smallest absolute Gasteiger partial charge is 0.304 e. The van der Waals surface area contributed by atoms with Crippen LogP contribution in [0.25, 0.3) is 22.3 Å². The Bertz CT molecular complexity index is 1220. The van der Waals surface area contributed by atoms with Crippen LogP contribution in [0.5, 0.6) is 0 Å². The standard InChI is InChI=1S/C20H13ClN4O2S/c1-11(26)27-19-15-10-13-4-2-3-5-16(13)22-18(15)28-20-23-17(24-25(19)20)12-6-8-14(21)9-7-12/h2-10,19H,1H3/t19-/m0/s1. The van der Waals surface area contributed by atoms with Crippen LogP contribution in [0.1, 0.15) is 18.7 Å². The Kier molecular flexibility index (Phi) is 4.07. The summed E-state index contributed by atoms with van der Waals surface area (Å²) in [6.45, 7) is 1.38. The molecule has 3 heterocycles. The zero-order valence-corrected chi connectivity index (χ0v) is 16.2. The van der Waals surface area contributed by atoms with Gasteiger partial charge in [0, 0.05) is 28.5 Å². The van der Waals surface area contributed by atoms with Gasteiger partial charge in [-0.1, -0.05) is 29.8 Å². The number of para-hydroxylation sites is 1. The first-order valence-electron chi connectivity index (χ1n) is 8.56. The van der Waals surface area contributed by atoms with Crippen molar-refractivity contribution in [3.05, 3.63) is 65.2 Å². The number of benzene rings is 2. The molecule has 138 valence electrons. The van der Waals surface area contributed by atoms with E-state index in [9.17, 15) is 4.79 Å². The lowest BCUT2D eigenvalue weighted by atomic mass is 10.1. The molecular formula is C20H13ClN4O2S. The molecule has 28 heavy (non-hydrogen) atoms. The van der Waals surface area contributed by atoms with Gasteiger partial charge in [0.1, 0.15) is 5.03 Å². The molecule has 0 saturated carbocycles. The third-order valence-electron chi connectivity index (χ3n) is 4.37. The SMILES string of the molecule is CC(=O)O[C@H]1c2cc3ccccc3nc2Sc2nc(-c3ccc(Cl)cc3)nn21. The normalized spacial score (nSPS) is 15.1. The molecule has 1 atom stereocenters. The Hall–Kier alpha value is -2.90. The minimum absolute atomic E-state index is 0.398. The Balaban J connectivity index is 1.66. The van der Waals surface area contributed by atoms with Gasteiger partial charge in [0.05, 0.1) is 5.52 Å². The first-order chi connectivity index (χ1) is 13.6. The van der Waals surface area contributed by atoms with Gasteiger partial charge in [0.2, 0.25) is 6.23 Å². The van der Waals surface area contributed by atoms with E-state index in [0.29, 0.717) is 16.0 Å². The van der Waals surface area contributed by atoms with Crippen molar-refractivity contribution in [3.63, 3.8) is 0 Å². The van der Waals surface area contributed by atoms with Crippen molar-refractivity contribution in [2.24, 2.45) is 0 Å². The number of carbonyl (C=O) groups is 1. The van der Waals surface area contributed by atoms with Gasteiger partial charge < -0.3 is 4.74 Å². The number of esters is 1. The Morgan fingerprint density at radius 2 is 1.93 bits per heavy atom. The number of ether oxygens (including phenoxy) is 1. The number of fused-ring (bicyclic) bond motifs is 3. The Labute approximate surface area is 169 Å². The molecule has 1 aliphatic rings. The zero-order chi connectivity index (χ0) is 19.3. The van der Waals surface area contributed by atoms with Gasteiger partial charge >= 0.3 is 5.97 Å². The van der Waals surface area contributed by atoms with Gasteiger partial charge in [-0.2, -0.15) is 4.68 Å². The molecule has 0 unspecified atom stereocenters. The molecule has 2 aromatic heterocycles. The lowest BCUT2D eigenvalue weighted by Crippen LogP contribution is -2.23. The molecular weight excluding hydrogens is 396 g/mol. The summed E-state index contributed by atoms with van der Waals surface area (Å²) in [6, 6.07) is 17.1. The predicted molar refractivity (Wildman–Crippen MR) is 106 cm³/mol. The van der Waals surface area contributed by atoms with Crippen molar-refractivity contribution in [1.82, 2.24) is 19.7 Å². The zero-order valence-electron chi connectivity index (χ0n) is 14.7. The van der Waals surface area contributed by atoms with Crippen LogP contribution in [-0.4, -0.2) is 25.7 Å². The van der Waals surface area contributed by atoms with Crippen LogP contribution in [-0.2, 0) is 9.53 Å². The fraction of sp³-hybridized carbons (Fsp3) is 0.100. The Morgan fingerprint density at radius 1 is 1.14 bits per heavy atom. The Morgan fingerprint density at radius 3 is 2.71 bits per heavy atom. The number of carbonyl (C=O) groups excluding carboxylic acids is 1. The molecule has 2 aromatic carbocycles. The highest BCUT2D eigenvalue weighted by Crippen LogP contribution is 2.42. The molecule has 6 nitrogen and oxygen atoms in total. The van der Waals surface area contributed by atoms with E-state index in [2.05, 4.69) is 10.1 Å². The van der Waals surface area contributed by atoms with Gasteiger partial charge in [-0.15, -0.1) is 5.10 Å². The molecule has 0 aliphatic carbocycles. The third kappa shape index (κ3) is 2.93. The summed E-state index contributed by atoms with van der Waals surface area (Å²) in [5, 5.41) is 7.59. The fourth-order valence-electron chi connectivity index (χ4n) is 3.11. The molecule has 0 N–H and O–H groups in total. The van der Waals surface area contributed by atoms with Crippen LogP contribution >= 0.6 is 23.4 Å². The van der Waals surface area contributed by atoms with E-state index in [0.717, 1.165) is 27.1 Å². The van der Waals surface area contributed by atoms with Crippen LogP contribution in [0.15, 0.2) is 64.8 Å². The van der Waals surface area contributed by atoms with Crippen LogP contribution in [0, 0.1) is 0 Å². The van der Waals surface area contributed by atoms with Gasteiger partial charge in [0.25, 0.3) is 0 Å². The lowest BCUT2D eigenvalue weighted by molar-refractivity contribution is -0.149. The maximum absolute atomic E-state index is 11.8. The molecule has 8 heteroatoms. The lowest BCUT2D eigenvalue weighted by Gasteiger charge is -2.24. The highest BCUT2D eigenvalue weighted by atomic mass is 35.5. The monoisotopic (exact) mass is 408 g/mol. The molecule has 5 rings (SSSR count). The van der Waals surface area contributed by atoms with Gasteiger partial charge in [-0.25, -0.2) is 9.97 Å². The van der Waals surface area contributed by atoms with E-state index < -0.39 is 12.2 Å². The summed E-state index contributed by atoms with van der Waals surface area (Å²) in [6.07, 6.45) is -0.714. The highest BCUT2D eigenvalue weighted by molar-refractivity contribution is 7.99. The predicted octanol–water partition coefficient (Wildman–Crippen LogP) is 4.72. The van der Waals surface area contributed by atoms with Crippen LogP contribution < -0.4 is 0 Å². The second-order valence-corrected chi connectivity index (χ2v) is 7.70. The van der Waals surface area contributed by atoms with Crippen LogP contribution in [0.2, 0.25) is 5.02 Å². The van der Waals surface area contributed by atoms with Gasteiger partial charge in [0.15, 0.2) is 11.0 Å². The summed E-state index contributed by atoms with van der Waals surface area (Å²) in [5.74, 6) is 0.138. The van der Waals surface area contributed by atoms with E-state index in [1.54, 1.807) is 16.8 Å². The van der Waals surface area contributed by atoms with Crippen molar-refractivity contribution < 1.29 is 9.53 Å². The van der Waals surface area contributed by atoms with Crippen molar-refractivity contribution in [2.45, 2.75) is 23.3 Å². The summed E-state index contributed by atoms with van der Waals surface area (Å²) >= 11 is 7.38. The molecule has 4 aromatic rings. The first-order valence-corrected chi connectivity index (χ1v) is 9.75. The number of hydrogen-bond acceptors (Lipinski definition) is 6. The molecule has 1 aliphatic heterocycles. The topological polar surface area (TPSA) is 69.9 Å². The van der Waals surface area contributed by atoms with E-state index in [-0.39, 0.29) is 0 Å². The average Bonchev–Trinajstić information content (AvgIpc) is 3.10. The number of aromatic nitrogens is 4. The van der Waals surface area contributed by atoms with E-state index >= 15 is 0 Å². The maximum Gasteiger partial charge on any atom is 0.304 e. The highest BCUT2D eigenvalue weighted by Gasteiger charge is 2.32. The van der Waals surface area contributed by atoms with Gasteiger partial charge in [-0.05, 0) is 48.2 Å². The van der Waals surface area contributed by atoms with E-state index in [1.165, 1.54) is 18.7 Å². The number of rotatable bonds is 2. The minimum Gasteiger partial charge on any atom is -0.435 e. The second-order valence-electron chi connectivity index (χ2n) is 6.31. The fourth-order valence-corrected chi connectivity index (χ4v) is 4.20. The number of halogens is 1. The summed E-state index contributed by atoms with van der Waals surface area (Å²) < 4.78 is 7.24. The summed E-state index contributed by atoms with van der Waals surface area (Å²) in [7, 11) is 0. The molecule has 0 saturated heterocycles. The van der Waals surface area contributed by atoms with Crippen LogP contribution in [0.3, 0.4) is 0 Å². The van der Waals surface area contributed by atoms with E-state index in [4.69, 9.17) is 21.3 Å². The summed E-state index contributed by atoms with van der Waals surface area (Å²) in [5.41, 5.74) is 2.50. The molecule has 0 fully saturated rings. The quantitative estimate of drug-likeness (QED) is 0.447. The number of hydrogen-bond donors (Lipinski definition) is 0. The van der Waals surface area contributed by atoms with E-state index in [1.807, 2.05) is 42.5 Å². The average molecular weight is 409 g/mol. The summed E-state index contributed by atoms with van der Waals surface area (Å²) in [4.78, 5) is 21.2. The number of nitrogens with zero attached hydrogens (tertiary/aromatic N) is 4. The van der Waals surface area contributed by atoms with Crippen LogP contribution in [0.4, 0.5) is 0 Å².